The van der Waals surface area contributed by atoms with Crippen LogP contribution in [0.1, 0.15) is 32.1 Å². The van der Waals surface area contributed by atoms with Crippen LogP contribution in [0.4, 0.5) is 0 Å². The lowest BCUT2D eigenvalue weighted by molar-refractivity contribution is 0.0994. The van der Waals surface area contributed by atoms with Crippen molar-refractivity contribution < 1.29 is 13.3 Å². The van der Waals surface area contributed by atoms with E-state index in [1.165, 1.54) is 32.1 Å². The largest absolute Gasteiger partial charge is 0.504 e. The van der Waals surface area contributed by atoms with Crippen molar-refractivity contribution >= 4 is 21.4 Å². The van der Waals surface area contributed by atoms with Gasteiger partial charge in [-0.1, -0.05) is 19.3 Å². The molecule has 0 atom stereocenters. The molecule has 0 heterocycles. The molecular weight excluding hydrogens is 216 g/mol. The van der Waals surface area contributed by atoms with Gasteiger partial charge in [-0.25, -0.2) is 0 Å². The lowest BCUT2D eigenvalue weighted by Crippen LogP contribution is -2.49. The van der Waals surface area contributed by atoms with Gasteiger partial charge in [0, 0.05) is 19.8 Å². The quantitative estimate of drug-likeness (QED) is 0.451. The van der Waals surface area contributed by atoms with Crippen LogP contribution in [0.15, 0.2) is 0 Å². The monoisotopic (exact) mass is 236 g/mol. The molecule has 0 aromatic rings. The van der Waals surface area contributed by atoms with Crippen LogP contribution >= 0.6 is 12.6 Å². The average Bonchev–Trinajstić information content (AvgIpc) is 2.27. The minimum atomic E-state index is -2.42. The van der Waals surface area contributed by atoms with Crippen molar-refractivity contribution in [1.82, 2.24) is 0 Å². The summed E-state index contributed by atoms with van der Waals surface area (Å²) < 4.78 is 16.7. The number of rotatable bonds is 5. The molecule has 0 unspecified atom stereocenters. The van der Waals surface area contributed by atoms with Gasteiger partial charge in [0.1, 0.15) is 0 Å². The van der Waals surface area contributed by atoms with E-state index in [2.05, 4.69) is 12.6 Å². The van der Waals surface area contributed by atoms with Crippen molar-refractivity contribution in [2.24, 2.45) is 0 Å². The van der Waals surface area contributed by atoms with E-state index in [1.807, 2.05) is 0 Å². The summed E-state index contributed by atoms with van der Waals surface area (Å²) in [7, 11) is 0.958. The summed E-state index contributed by atoms with van der Waals surface area (Å²) in [5.41, 5.74) is 0.471. The first-order valence-electron chi connectivity index (χ1n) is 5.14. The predicted molar refractivity (Wildman–Crippen MR) is 61.5 cm³/mol. The van der Waals surface area contributed by atoms with E-state index < -0.39 is 8.80 Å². The molecule has 3 nitrogen and oxygen atoms in total. The lowest BCUT2D eigenvalue weighted by Gasteiger charge is -2.35. The van der Waals surface area contributed by atoms with Crippen molar-refractivity contribution in [1.29, 1.82) is 0 Å². The van der Waals surface area contributed by atoms with E-state index in [0.29, 0.717) is 11.5 Å². The smallest absolute Gasteiger partial charge is 0.377 e. The maximum Gasteiger partial charge on any atom is 0.504 e. The van der Waals surface area contributed by atoms with Crippen LogP contribution in [0, 0.1) is 0 Å². The third-order valence-corrected chi connectivity index (χ3v) is 6.57. The Hall–Kier alpha value is 0.447. The first kappa shape index (κ1) is 12.5. The summed E-state index contributed by atoms with van der Waals surface area (Å²) in [6, 6.07) is 0. The second-order valence-corrected chi connectivity index (χ2v) is 7.01. The molecule has 0 saturated heterocycles. The molecular formula is C9H20O3SSi. The molecule has 84 valence electrons. The van der Waals surface area contributed by atoms with Crippen molar-refractivity contribution in [2.75, 3.05) is 20.2 Å². The van der Waals surface area contributed by atoms with Crippen molar-refractivity contribution in [2.45, 2.75) is 37.6 Å². The molecule has 1 rings (SSSR count). The molecule has 1 fully saturated rings. The van der Waals surface area contributed by atoms with Crippen LogP contribution in [-0.4, -0.2) is 29.0 Å². The van der Waals surface area contributed by atoms with Crippen molar-refractivity contribution in [3.05, 3.63) is 0 Å². The summed E-state index contributed by atoms with van der Waals surface area (Å²) in [5, 5.41) is 0. The van der Waals surface area contributed by atoms with Gasteiger partial charge in [0.15, 0.2) is 0 Å². The molecule has 0 spiro atoms. The topological polar surface area (TPSA) is 27.7 Å². The van der Waals surface area contributed by atoms with Crippen molar-refractivity contribution in [3.63, 3.8) is 0 Å². The van der Waals surface area contributed by atoms with Crippen LogP contribution in [0.5, 0.6) is 0 Å². The standard InChI is InChI=1S/C9H20O3SSi/c1-10-14(11-2,12-8-13)9-6-4-3-5-7-9/h9,13H,3-8H2,1-2H3. The van der Waals surface area contributed by atoms with Crippen LogP contribution in [0.2, 0.25) is 5.54 Å². The molecule has 14 heavy (non-hydrogen) atoms. The molecule has 1 saturated carbocycles. The van der Waals surface area contributed by atoms with E-state index in [0.717, 1.165) is 0 Å². The van der Waals surface area contributed by atoms with Gasteiger partial charge in [-0.2, -0.15) is 12.6 Å². The summed E-state index contributed by atoms with van der Waals surface area (Å²) in [6.07, 6.45) is 6.20. The Balaban J connectivity index is 2.62. The third-order valence-electron chi connectivity index (χ3n) is 2.94. The lowest BCUT2D eigenvalue weighted by atomic mass is 10.0. The normalized spacial score (nSPS) is 19.9. The molecule has 0 aliphatic heterocycles. The highest BCUT2D eigenvalue weighted by Crippen LogP contribution is 2.38. The molecule has 0 N–H and O–H groups in total. The van der Waals surface area contributed by atoms with Crippen LogP contribution < -0.4 is 0 Å². The molecule has 0 bridgehead atoms. The maximum absolute atomic E-state index is 5.63. The third kappa shape index (κ3) is 2.73. The van der Waals surface area contributed by atoms with E-state index >= 15 is 0 Å². The van der Waals surface area contributed by atoms with Gasteiger partial charge >= 0.3 is 8.80 Å². The molecule has 5 heteroatoms. The molecule has 1 aliphatic carbocycles. The van der Waals surface area contributed by atoms with Gasteiger partial charge in [-0.05, 0) is 12.8 Å². The Morgan fingerprint density at radius 2 is 1.71 bits per heavy atom. The second-order valence-electron chi connectivity index (χ2n) is 3.62. The summed E-state index contributed by atoms with van der Waals surface area (Å²) >= 11 is 4.09. The van der Waals surface area contributed by atoms with E-state index in [9.17, 15) is 0 Å². The maximum atomic E-state index is 5.63. The molecule has 0 aromatic carbocycles. The molecule has 1 aliphatic rings. The Labute approximate surface area is 92.9 Å². The van der Waals surface area contributed by atoms with Gasteiger partial charge in [-0.15, -0.1) is 0 Å². The highest BCUT2D eigenvalue weighted by Gasteiger charge is 2.47. The summed E-state index contributed by atoms with van der Waals surface area (Å²) in [4.78, 5) is 0. The van der Waals surface area contributed by atoms with Crippen LogP contribution in [-0.2, 0) is 13.3 Å². The number of hydrogen-bond acceptors (Lipinski definition) is 4. The van der Waals surface area contributed by atoms with E-state index in [-0.39, 0.29) is 0 Å². The number of thiol groups is 1. The van der Waals surface area contributed by atoms with Crippen LogP contribution in [0.25, 0.3) is 0 Å². The Kier molecular flexibility index (Phi) is 5.47. The molecule has 0 aromatic heterocycles. The van der Waals surface area contributed by atoms with Gasteiger partial charge in [0.05, 0.1) is 5.94 Å². The highest BCUT2D eigenvalue weighted by atomic mass is 32.1. The fourth-order valence-corrected chi connectivity index (χ4v) is 5.34. The fourth-order valence-electron chi connectivity index (χ4n) is 2.20. The van der Waals surface area contributed by atoms with E-state index in [1.54, 1.807) is 14.2 Å². The van der Waals surface area contributed by atoms with Crippen LogP contribution in [0.3, 0.4) is 0 Å². The first-order valence-corrected chi connectivity index (χ1v) is 7.57. The zero-order chi connectivity index (χ0) is 10.4. The average molecular weight is 236 g/mol. The zero-order valence-electron chi connectivity index (χ0n) is 8.99. The molecule has 0 radical (unpaired) electrons. The minimum Gasteiger partial charge on any atom is -0.377 e. The summed E-state index contributed by atoms with van der Waals surface area (Å²) in [5.74, 6) is 0.379. The second kappa shape index (κ2) is 6.12. The van der Waals surface area contributed by atoms with Gasteiger partial charge < -0.3 is 13.3 Å². The van der Waals surface area contributed by atoms with Gasteiger partial charge in [-0.3, -0.25) is 0 Å². The molecule has 0 amide bonds. The van der Waals surface area contributed by atoms with Gasteiger partial charge in [0.2, 0.25) is 0 Å². The predicted octanol–water partition coefficient (Wildman–Crippen LogP) is 2.46. The minimum absolute atomic E-state index is 0.379. The first-order chi connectivity index (χ1) is 6.79. The summed E-state index contributed by atoms with van der Waals surface area (Å²) in [6.45, 7) is 0. The van der Waals surface area contributed by atoms with E-state index in [4.69, 9.17) is 13.3 Å². The Morgan fingerprint density at radius 1 is 1.14 bits per heavy atom. The zero-order valence-corrected chi connectivity index (χ0v) is 10.9. The SMILES string of the molecule is CO[Si](OC)(OCS)C1CCCCC1. The highest BCUT2D eigenvalue weighted by molar-refractivity contribution is 7.80. The van der Waals surface area contributed by atoms with Crippen molar-refractivity contribution in [3.8, 4) is 0 Å². The van der Waals surface area contributed by atoms with Gasteiger partial charge in [0.25, 0.3) is 0 Å². The number of hydrogen-bond donors (Lipinski definition) is 1. The Morgan fingerprint density at radius 3 is 2.14 bits per heavy atom. The Bertz CT molecular complexity index is 158. The fraction of sp³-hybridized carbons (Fsp3) is 1.00.